The molecule has 0 bridgehead atoms. The van der Waals surface area contributed by atoms with E-state index in [4.69, 9.17) is 0 Å². The molecule has 1 fully saturated rings. The Morgan fingerprint density at radius 2 is 1.90 bits per heavy atom. The quantitative estimate of drug-likeness (QED) is 0.447. The van der Waals surface area contributed by atoms with Crippen LogP contribution in [0.2, 0.25) is 0 Å². The number of carbonyl (C=O) groups is 2. The number of hydrogen-bond donors (Lipinski definition) is 1. The summed E-state index contributed by atoms with van der Waals surface area (Å²) in [5, 5.41) is 15.4. The highest BCUT2D eigenvalue weighted by atomic mass is 19.1. The number of aliphatic hydroxyl groups excluding tert-OH is 1. The predicted molar refractivity (Wildman–Crippen MR) is 111 cm³/mol. The first kappa shape index (κ1) is 21.7. The Balaban J connectivity index is 2.18. The summed E-state index contributed by atoms with van der Waals surface area (Å²) < 4.78 is 16.3. The Morgan fingerprint density at radius 1 is 1.23 bits per heavy atom. The normalized spacial score (nSPS) is 18.6. The zero-order chi connectivity index (χ0) is 22.2. The van der Waals surface area contributed by atoms with Gasteiger partial charge in [-0.05, 0) is 47.0 Å². The van der Waals surface area contributed by atoms with Gasteiger partial charge in [0.25, 0.3) is 11.7 Å². The third-order valence-electron chi connectivity index (χ3n) is 5.49. The molecule has 2 heterocycles. The molecule has 0 saturated carbocycles. The number of carbonyl (C=O) groups excluding carboxylic acids is 2. The molecule has 8 heteroatoms. The van der Waals surface area contributed by atoms with E-state index in [0.29, 0.717) is 29.9 Å². The molecule has 0 unspecified atom stereocenters. The second-order valence-corrected chi connectivity index (χ2v) is 7.84. The fourth-order valence-electron chi connectivity index (χ4n) is 3.94. The van der Waals surface area contributed by atoms with Crippen molar-refractivity contribution in [2.75, 3.05) is 27.2 Å². The van der Waals surface area contributed by atoms with E-state index in [9.17, 15) is 19.1 Å². The number of benzene rings is 1. The van der Waals surface area contributed by atoms with Crippen molar-refractivity contribution in [1.29, 1.82) is 0 Å². The highest BCUT2D eigenvalue weighted by Gasteiger charge is 2.47. The predicted octanol–water partition coefficient (Wildman–Crippen LogP) is 2.55. The van der Waals surface area contributed by atoms with Gasteiger partial charge in [0.05, 0.1) is 22.9 Å². The summed E-state index contributed by atoms with van der Waals surface area (Å²) in [6, 6.07) is 5.04. The van der Waals surface area contributed by atoms with E-state index in [-0.39, 0.29) is 23.4 Å². The molecular weight excluding hydrogens is 387 g/mol. The zero-order valence-corrected chi connectivity index (χ0v) is 17.9. The minimum Gasteiger partial charge on any atom is -0.507 e. The topological polar surface area (TPSA) is 78.7 Å². The molecule has 1 N–H and O–H groups in total. The summed E-state index contributed by atoms with van der Waals surface area (Å²) in [7, 11) is 5.56. The lowest BCUT2D eigenvalue weighted by molar-refractivity contribution is -0.140. The molecule has 1 aliphatic rings. The van der Waals surface area contributed by atoms with Crippen molar-refractivity contribution in [3.63, 3.8) is 0 Å². The molecule has 0 spiro atoms. The summed E-state index contributed by atoms with van der Waals surface area (Å²) in [6.45, 7) is 4.45. The van der Waals surface area contributed by atoms with E-state index >= 15 is 0 Å². The Morgan fingerprint density at radius 3 is 2.47 bits per heavy atom. The van der Waals surface area contributed by atoms with Crippen molar-refractivity contribution in [2.45, 2.75) is 26.3 Å². The number of likely N-dealkylation sites (tertiary alicyclic amines) is 1. The molecule has 1 saturated heterocycles. The van der Waals surface area contributed by atoms with Gasteiger partial charge in [-0.1, -0.05) is 18.2 Å². The number of nitrogens with zero attached hydrogens (tertiary/aromatic N) is 4. The molecule has 2 aromatic rings. The summed E-state index contributed by atoms with van der Waals surface area (Å²) in [4.78, 5) is 29.2. The smallest absolute Gasteiger partial charge is 0.295 e. The van der Waals surface area contributed by atoms with Gasteiger partial charge < -0.3 is 14.9 Å². The SMILES string of the molecule is Cc1nn(C)c(C)c1/C(O)=C1\C(=O)C(=O)N(CCCN(C)C)[C@@H]1c1ccccc1F. The third kappa shape index (κ3) is 3.75. The van der Waals surface area contributed by atoms with Crippen LogP contribution in [0.3, 0.4) is 0 Å². The number of Topliss-reactive ketones (excluding diaryl/α,β-unsaturated/α-hetero) is 1. The van der Waals surface area contributed by atoms with Crippen LogP contribution in [-0.4, -0.2) is 63.6 Å². The average Bonchev–Trinajstić information content (AvgIpc) is 3.08. The van der Waals surface area contributed by atoms with Crippen LogP contribution in [0, 0.1) is 19.7 Å². The van der Waals surface area contributed by atoms with Crippen molar-refractivity contribution < 1.29 is 19.1 Å². The standard InChI is InChI=1S/C22H27FN4O3/c1-13-17(14(2)26(5)24-13)20(28)18-19(15-9-6-7-10-16(15)23)27(22(30)21(18)29)12-8-11-25(3)4/h6-7,9-10,19,28H,8,11-12H2,1-5H3/b20-18+/t19-/m1/s1. The minimum atomic E-state index is -0.993. The second kappa shape index (κ2) is 8.39. The molecule has 1 atom stereocenters. The first-order valence-corrected chi connectivity index (χ1v) is 9.83. The maximum atomic E-state index is 14.7. The molecule has 1 aromatic carbocycles. The van der Waals surface area contributed by atoms with Gasteiger partial charge in [0.2, 0.25) is 0 Å². The largest absolute Gasteiger partial charge is 0.507 e. The van der Waals surface area contributed by atoms with Crippen LogP contribution < -0.4 is 0 Å². The highest BCUT2D eigenvalue weighted by molar-refractivity contribution is 6.46. The molecule has 30 heavy (non-hydrogen) atoms. The van der Waals surface area contributed by atoms with Crippen LogP contribution >= 0.6 is 0 Å². The number of halogens is 1. The fraction of sp³-hybridized carbons (Fsp3) is 0.409. The summed E-state index contributed by atoms with van der Waals surface area (Å²) >= 11 is 0. The van der Waals surface area contributed by atoms with Crippen LogP contribution in [0.1, 0.15) is 35.0 Å². The Kier molecular flexibility index (Phi) is 6.07. The Labute approximate surface area is 175 Å². The summed E-state index contributed by atoms with van der Waals surface area (Å²) in [5.41, 5.74) is 1.65. The molecule has 3 rings (SSSR count). The van der Waals surface area contributed by atoms with Crippen molar-refractivity contribution in [1.82, 2.24) is 19.6 Å². The van der Waals surface area contributed by atoms with E-state index in [2.05, 4.69) is 5.10 Å². The van der Waals surface area contributed by atoms with E-state index in [0.717, 1.165) is 0 Å². The number of aromatic nitrogens is 2. The first-order chi connectivity index (χ1) is 14.1. The number of rotatable bonds is 6. The lowest BCUT2D eigenvalue weighted by atomic mass is 9.94. The average molecular weight is 414 g/mol. The maximum Gasteiger partial charge on any atom is 0.295 e. The van der Waals surface area contributed by atoms with Gasteiger partial charge in [0, 0.05) is 24.8 Å². The van der Waals surface area contributed by atoms with E-state index in [1.54, 1.807) is 43.8 Å². The van der Waals surface area contributed by atoms with Crippen molar-refractivity contribution >= 4 is 17.4 Å². The van der Waals surface area contributed by atoms with Crippen molar-refractivity contribution in [3.05, 3.63) is 58.2 Å². The Bertz CT molecular complexity index is 1030. The Hall–Kier alpha value is -3.00. The lowest BCUT2D eigenvalue weighted by Crippen LogP contribution is -2.32. The van der Waals surface area contributed by atoms with Crippen molar-refractivity contribution in [2.24, 2.45) is 7.05 Å². The number of aryl methyl sites for hydroxylation is 2. The molecular formula is C22H27FN4O3. The van der Waals surface area contributed by atoms with E-state index in [1.807, 2.05) is 19.0 Å². The third-order valence-corrected chi connectivity index (χ3v) is 5.49. The van der Waals surface area contributed by atoms with Crippen molar-refractivity contribution in [3.8, 4) is 0 Å². The number of ketones is 1. The fourth-order valence-corrected chi connectivity index (χ4v) is 3.94. The monoisotopic (exact) mass is 414 g/mol. The minimum absolute atomic E-state index is 0.103. The maximum absolute atomic E-state index is 14.7. The molecule has 1 aliphatic heterocycles. The van der Waals surface area contributed by atoms with Gasteiger partial charge in [0.1, 0.15) is 11.6 Å². The highest BCUT2D eigenvalue weighted by Crippen LogP contribution is 2.41. The second-order valence-electron chi connectivity index (χ2n) is 7.84. The summed E-state index contributed by atoms with van der Waals surface area (Å²) in [5.74, 6) is -2.40. The van der Waals surface area contributed by atoms with Crippen LogP contribution in [0.4, 0.5) is 4.39 Å². The van der Waals surface area contributed by atoms with Gasteiger partial charge in [-0.2, -0.15) is 5.10 Å². The first-order valence-electron chi connectivity index (χ1n) is 9.83. The molecule has 0 aliphatic carbocycles. The van der Waals surface area contributed by atoms with E-state index in [1.165, 1.54) is 11.0 Å². The molecule has 1 amide bonds. The van der Waals surface area contributed by atoms with Crippen LogP contribution in [0.5, 0.6) is 0 Å². The van der Waals surface area contributed by atoms with Crippen LogP contribution in [0.15, 0.2) is 29.8 Å². The zero-order valence-electron chi connectivity index (χ0n) is 17.9. The van der Waals surface area contributed by atoms with Crippen LogP contribution in [0.25, 0.3) is 5.76 Å². The molecule has 160 valence electrons. The van der Waals surface area contributed by atoms with E-state index < -0.39 is 23.5 Å². The van der Waals surface area contributed by atoms with Crippen LogP contribution in [-0.2, 0) is 16.6 Å². The van der Waals surface area contributed by atoms with Gasteiger partial charge in [0.15, 0.2) is 0 Å². The number of amides is 1. The lowest BCUT2D eigenvalue weighted by Gasteiger charge is -2.26. The molecule has 7 nitrogen and oxygen atoms in total. The number of aliphatic hydroxyl groups is 1. The summed E-state index contributed by atoms with van der Waals surface area (Å²) in [6.07, 6.45) is 0.607. The molecule has 0 radical (unpaired) electrons. The van der Waals surface area contributed by atoms with Gasteiger partial charge in [-0.3, -0.25) is 14.3 Å². The van der Waals surface area contributed by atoms with Gasteiger partial charge in [-0.25, -0.2) is 4.39 Å². The molecule has 1 aromatic heterocycles. The van der Waals surface area contributed by atoms with Gasteiger partial charge in [-0.15, -0.1) is 0 Å². The van der Waals surface area contributed by atoms with Gasteiger partial charge >= 0.3 is 0 Å². The number of hydrogen-bond acceptors (Lipinski definition) is 5.